The molecule has 8 heteroatoms. The van der Waals surface area contributed by atoms with Crippen LogP contribution in [0.4, 0.5) is 0 Å². The molecule has 2 amide bonds. The van der Waals surface area contributed by atoms with E-state index in [0.29, 0.717) is 19.8 Å². The van der Waals surface area contributed by atoms with Gasteiger partial charge in [-0.05, 0) is 12.8 Å². The van der Waals surface area contributed by atoms with E-state index in [1.807, 2.05) is 17.1 Å². The fraction of sp³-hybridized carbons (Fsp3) is 0.800. The Kier molecular flexibility index (Phi) is 8.27. The number of morpholine rings is 1. The highest BCUT2D eigenvalue weighted by atomic mass is 16.5. The number of carbonyl (C=O) groups excluding carboxylic acids is 2. The summed E-state index contributed by atoms with van der Waals surface area (Å²) in [7, 11) is 0. The minimum atomic E-state index is -0.550. The molecule has 0 radical (unpaired) electrons. The lowest BCUT2D eigenvalue weighted by atomic mass is 9.95. The first-order valence-corrected chi connectivity index (χ1v) is 10.5. The predicted octanol–water partition coefficient (Wildman–Crippen LogP) is -0.0417. The predicted molar refractivity (Wildman–Crippen MR) is 104 cm³/mol. The van der Waals surface area contributed by atoms with E-state index >= 15 is 0 Å². The Hall–Kier alpha value is -1.48. The van der Waals surface area contributed by atoms with Gasteiger partial charge < -0.3 is 25.2 Å². The summed E-state index contributed by atoms with van der Waals surface area (Å²) in [6, 6.07) is -0.120. The Balaban J connectivity index is 1.44. The van der Waals surface area contributed by atoms with E-state index < -0.39 is 12.1 Å². The molecule has 1 aliphatic carbocycles. The summed E-state index contributed by atoms with van der Waals surface area (Å²) in [6.45, 7) is 2.86. The Bertz CT molecular complexity index is 544. The Morgan fingerprint density at radius 1 is 1.04 bits per heavy atom. The van der Waals surface area contributed by atoms with E-state index in [0.717, 1.165) is 25.9 Å². The van der Waals surface area contributed by atoms with Crippen molar-refractivity contribution in [3.05, 3.63) is 12.2 Å². The van der Waals surface area contributed by atoms with Gasteiger partial charge in [0.1, 0.15) is 6.10 Å². The highest BCUT2D eigenvalue weighted by molar-refractivity contribution is 5.79. The highest BCUT2D eigenvalue weighted by Crippen LogP contribution is 2.19. The number of hydrogen-bond donors (Lipinski definition) is 3. The van der Waals surface area contributed by atoms with E-state index in [1.165, 1.54) is 19.3 Å². The maximum Gasteiger partial charge on any atom is 0.234 e. The van der Waals surface area contributed by atoms with Crippen molar-refractivity contribution in [3.63, 3.8) is 0 Å². The van der Waals surface area contributed by atoms with Crippen LogP contribution < -0.4 is 10.6 Å². The van der Waals surface area contributed by atoms with Gasteiger partial charge in [0.2, 0.25) is 11.8 Å². The van der Waals surface area contributed by atoms with Crippen LogP contribution in [0.5, 0.6) is 0 Å². The maximum absolute atomic E-state index is 12.3. The molecule has 2 heterocycles. The number of nitrogens with one attached hydrogen (secondary N) is 2. The van der Waals surface area contributed by atoms with Crippen LogP contribution in [-0.4, -0.2) is 85.6 Å². The molecule has 0 aromatic heterocycles. The van der Waals surface area contributed by atoms with Gasteiger partial charge in [0.15, 0.2) is 0 Å². The zero-order valence-corrected chi connectivity index (χ0v) is 16.5. The van der Waals surface area contributed by atoms with Crippen molar-refractivity contribution in [2.75, 3.05) is 39.5 Å². The van der Waals surface area contributed by atoms with Gasteiger partial charge in [0.25, 0.3) is 0 Å². The van der Waals surface area contributed by atoms with E-state index in [2.05, 4.69) is 10.6 Å². The lowest BCUT2D eigenvalue weighted by molar-refractivity contribution is -0.129. The van der Waals surface area contributed by atoms with Crippen LogP contribution in [0.3, 0.4) is 0 Å². The monoisotopic (exact) mass is 395 g/mol. The molecule has 1 saturated carbocycles. The zero-order chi connectivity index (χ0) is 19.8. The van der Waals surface area contributed by atoms with Gasteiger partial charge in [0.05, 0.1) is 44.9 Å². The number of nitrogens with zero attached hydrogens (tertiary/aromatic N) is 1. The summed E-state index contributed by atoms with van der Waals surface area (Å²) >= 11 is 0. The fourth-order valence-corrected chi connectivity index (χ4v) is 4.05. The number of amides is 2. The van der Waals surface area contributed by atoms with Crippen molar-refractivity contribution in [2.45, 2.75) is 62.8 Å². The van der Waals surface area contributed by atoms with Gasteiger partial charge in [-0.25, -0.2) is 0 Å². The smallest absolute Gasteiger partial charge is 0.234 e. The number of ether oxygens (including phenoxy) is 2. The molecule has 3 rings (SSSR count). The van der Waals surface area contributed by atoms with Crippen LogP contribution >= 0.6 is 0 Å². The standard InChI is InChI=1S/C20H33N3O5/c24-14-18-17(22-20(26)13-23-8-10-27-11-9-23)7-6-16(28-18)12-19(25)21-15-4-2-1-3-5-15/h6-7,15-18,24H,1-5,8-14H2,(H,21,25)(H,22,26)/t16-,17+,18+/m1/s1. The molecule has 0 aromatic rings. The van der Waals surface area contributed by atoms with E-state index in [1.54, 1.807) is 0 Å². The molecule has 3 N–H and O–H groups in total. The van der Waals surface area contributed by atoms with Crippen LogP contribution in [0.2, 0.25) is 0 Å². The van der Waals surface area contributed by atoms with E-state index in [-0.39, 0.29) is 37.0 Å². The van der Waals surface area contributed by atoms with Crippen molar-refractivity contribution in [1.82, 2.24) is 15.5 Å². The molecule has 0 aromatic carbocycles. The van der Waals surface area contributed by atoms with Crippen LogP contribution in [0.25, 0.3) is 0 Å². The van der Waals surface area contributed by atoms with Crippen molar-refractivity contribution >= 4 is 11.8 Å². The summed E-state index contributed by atoms with van der Waals surface area (Å²) in [5.41, 5.74) is 0. The lowest BCUT2D eigenvalue weighted by Crippen LogP contribution is -2.52. The summed E-state index contributed by atoms with van der Waals surface area (Å²) in [5.74, 6) is -0.125. The van der Waals surface area contributed by atoms with Crippen LogP contribution in [0, 0.1) is 0 Å². The Labute approximate surface area is 166 Å². The number of carbonyl (C=O) groups is 2. The number of aliphatic hydroxyl groups excluding tert-OH is 1. The Morgan fingerprint density at radius 3 is 2.50 bits per heavy atom. The molecule has 3 aliphatic rings. The molecule has 2 fully saturated rings. The average Bonchev–Trinajstić information content (AvgIpc) is 2.70. The molecule has 28 heavy (non-hydrogen) atoms. The summed E-state index contributed by atoms with van der Waals surface area (Å²) in [5, 5.41) is 15.7. The highest BCUT2D eigenvalue weighted by Gasteiger charge is 2.30. The van der Waals surface area contributed by atoms with Gasteiger partial charge in [-0.1, -0.05) is 31.4 Å². The third-order valence-electron chi connectivity index (χ3n) is 5.62. The fourth-order valence-electron chi connectivity index (χ4n) is 4.05. The van der Waals surface area contributed by atoms with Crippen LogP contribution in [0.1, 0.15) is 38.5 Å². The number of hydrogen-bond acceptors (Lipinski definition) is 6. The van der Waals surface area contributed by atoms with Crippen LogP contribution in [-0.2, 0) is 19.1 Å². The minimum Gasteiger partial charge on any atom is -0.394 e. The zero-order valence-electron chi connectivity index (χ0n) is 16.5. The van der Waals surface area contributed by atoms with Crippen molar-refractivity contribution in [2.24, 2.45) is 0 Å². The van der Waals surface area contributed by atoms with Gasteiger partial charge in [-0.15, -0.1) is 0 Å². The van der Waals surface area contributed by atoms with Gasteiger partial charge in [-0.2, -0.15) is 0 Å². The topological polar surface area (TPSA) is 100 Å². The second-order valence-corrected chi connectivity index (χ2v) is 7.87. The Morgan fingerprint density at radius 2 is 1.79 bits per heavy atom. The second-order valence-electron chi connectivity index (χ2n) is 7.87. The molecular weight excluding hydrogens is 362 g/mol. The molecular formula is C20H33N3O5. The maximum atomic E-state index is 12.3. The minimum absolute atomic E-state index is 0.0203. The van der Waals surface area contributed by atoms with Gasteiger partial charge in [-0.3, -0.25) is 14.5 Å². The average molecular weight is 396 g/mol. The number of aliphatic hydroxyl groups is 1. The van der Waals surface area contributed by atoms with Crippen molar-refractivity contribution in [3.8, 4) is 0 Å². The largest absolute Gasteiger partial charge is 0.394 e. The third-order valence-corrected chi connectivity index (χ3v) is 5.62. The lowest BCUT2D eigenvalue weighted by Gasteiger charge is -2.33. The summed E-state index contributed by atoms with van der Waals surface area (Å²) < 4.78 is 11.1. The molecule has 0 unspecified atom stereocenters. The molecule has 1 saturated heterocycles. The van der Waals surface area contributed by atoms with Crippen molar-refractivity contribution in [1.29, 1.82) is 0 Å². The third kappa shape index (κ3) is 6.55. The molecule has 0 spiro atoms. The van der Waals surface area contributed by atoms with E-state index in [9.17, 15) is 14.7 Å². The molecule has 158 valence electrons. The van der Waals surface area contributed by atoms with Crippen molar-refractivity contribution < 1.29 is 24.2 Å². The first-order valence-electron chi connectivity index (χ1n) is 10.5. The summed E-state index contributed by atoms with van der Waals surface area (Å²) in [6.07, 6.45) is 8.63. The molecule has 3 atom stereocenters. The molecule has 0 bridgehead atoms. The first-order chi connectivity index (χ1) is 13.6. The second kappa shape index (κ2) is 10.9. The number of rotatable bonds is 7. The van der Waals surface area contributed by atoms with Gasteiger partial charge >= 0.3 is 0 Å². The quantitative estimate of drug-likeness (QED) is 0.523. The van der Waals surface area contributed by atoms with Gasteiger partial charge in [0, 0.05) is 19.1 Å². The SMILES string of the molecule is O=C(C[C@H]1C=C[C@H](NC(=O)CN2CCOCC2)[C@H](CO)O1)NC1CCCCC1. The normalized spacial score (nSPS) is 29.4. The first kappa shape index (κ1) is 21.2. The van der Waals surface area contributed by atoms with Crippen LogP contribution in [0.15, 0.2) is 12.2 Å². The summed E-state index contributed by atoms with van der Waals surface area (Å²) in [4.78, 5) is 26.6. The molecule has 2 aliphatic heterocycles. The molecule has 8 nitrogen and oxygen atoms in total. The van der Waals surface area contributed by atoms with E-state index in [4.69, 9.17) is 9.47 Å².